The van der Waals surface area contributed by atoms with E-state index in [0.717, 1.165) is 23.2 Å². The summed E-state index contributed by atoms with van der Waals surface area (Å²) in [6, 6.07) is 6.00. The number of hydrogen-bond acceptors (Lipinski definition) is 3. The number of halogens is 1. The van der Waals surface area contributed by atoms with E-state index in [9.17, 15) is 9.59 Å². The number of anilines is 1. The Morgan fingerprint density at radius 1 is 1.32 bits per heavy atom. The van der Waals surface area contributed by atoms with Gasteiger partial charge in [0, 0.05) is 11.6 Å². The number of hydrogen-bond donors (Lipinski definition) is 1. The van der Waals surface area contributed by atoms with E-state index < -0.39 is 0 Å². The summed E-state index contributed by atoms with van der Waals surface area (Å²) in [6.45, 7) is 3.98. The zero-order valence-corrected chi connectivity index (χ0v) is 14.1. The molecule has 2 aliphatic carbocycles. The van der Waals surface area contributed by atoms with Crippen LogP contribution in [0.2, 0.25) is 0 Å². The van der Waals surface area contributed by atoms with Crippen molar-refractivity contribution in [3.63, 3.8) is 0 Å². The van der Waals surface area contributed by atoms with Crippen LogP contribution in [-0.4, -0.2) is 22.8 Å². The van der Waals surface area contributed by atoms with Crippen LogP contribution in [0, 0.1) is 37.5 Å². The largest absolute Gasteiger partial charge is 0.461 e. The summed E-state index contributed by atoms with van der Waals surface area (Å²) in [4.78, 5) is 25.0. The fraction of sp³-hybridized carbons (Fsp3) is 0.529. The number of carbonyl (C=O) groups is 2. The van der Waals surface area contributed by atoms with Crippen LogP contribution in [0.1, 0.15) is 17.5 Å². The number of benzene rings is 1. The summed E-state index contributed by atoms with van der Waals surface area (Å²) in [7, 11) is 0. The molecule has 1 aliphatic heterocycles. The first-order valence-corrected chi connectivity index (χ1v) is 8.61. The van der Waals surface area contributed by atoms with E-state index in [1.54, 1.807) is 0 Å². The molecule has 4 nitrogen and oxygen atoms in total. The van der Waals surface area contributed by atoms with Gasteiger partial charge in [-0.2, -0.15) is 0 Å². The van der Waals surface area contributed by atoms with Gasteiger partial charge in [-0.3, -0.25) is 9.59 Å². The topological polar surface area (TPSA) is 55.4 Å². The van der Waals surface area contributed by atoms with Gasteiger partial charge in [0.2, 0.25) is 5.91 Å². The molecule has 0 unspecified atom stereocenters. The highest BCUT2D eigenvalue weighted by atomic mass is 79.9. The molecule has 1 heterocycles. The van der Waals surface area contributed by atoms with Crippen molar-refractivity contribution < 1.29 is 14.3 Å². The van der Waals surface area contributed by atoms with Gasteiger partial charge in [-0.05, 0) is 43.4 Å². The van der Waals surface area contributed by atoms with E-state index in [1.807, 2.05) is 32.0 Å². The lowest BCUT2D eigenvalue weighted by atomic mass is 9.79. The lowest BCUT2D eigenvalue weighted by Gasteiger charge is -2.27. The smallest absolute Gasteiger partial charge is 0.310 e. The molecule has 0 radical (unpaired) electrons. The predicted molar refractivity (Wildman–Crippen MR) is 85.7 cm³/mol. The number of fused-ring (bicyclic) bond motifs is 1. The number of alkyl halides is 1. The van der Waals surface area contributed by atoms with E-state index in [0.29, 0.717) is 0 Å². The SMILES string of the molecule is Cc1ccc(C)c(NC(=O)[C@@H]2[C@H]3C[C@H]4[C@H](OC(=O)[C@H]42)[C@H]3Br)c1. The highest BCUT2D eigenvalue weighted by Gasteiger charge is 2.67. The van der Waals surface area contributed by atoms with E-state index in [-0.39, 0.29) is 46.5 Å². The van der Waals surface area contributed by atoms with Gasteiger partial charge >= 0.3 is 5.97 Å². The number of rotatable bonds is 2. The standard InChI is InChI=1S/C17H18BrNO3/c1-7-3-4-8(2)11(5-7)19-16(20)12-9-6-10-13(12)17(21)22-15(10)14(9)18/h3-5,9-10,12-15H,6H2,1-2H3,(H,19,20)/t9-,10-,12-,13-,14+,15+/m1/s1. The van der Waals surface area contributed by atoms with Crippen molar-refractivity contribution in [2.75, 3.05) is 5.32 Å². The Labute approximate surface area is 137 Å². The van der Waals surface area contributed by atoms with Crippen molar-refractivity contribution in [3.8, 4) is 0 Å². The molecule has 6 atom stereocenters. The molecule has 1 aromatic rings. The fourth-order valence-corrected chi connectivity index (χ4v) is 5.46. The van der Waals surface area contributed by atoms with Crippen LogP contribution in [0.3, 0.4) is 0 Å². The van der Waals surface area contributed by atoms with Crippen LogP contribution >= 0.6 is 15.9 Å². The van der Waals surface area contributed by atoms with E-state index in [1.165, 1.54) is 0 Å². The Hall–Kier alpha value is -1.36. The van der Waals surface area contributed by atoms with Gasteiger partial charge in [0.15, 0.2) is 0 Å². The Bertz CT molecular complexity index is 674. The maximum Gasteiger partial charge on any atom is 0.310 e. The molecule has 116 valence electrons. The van der Waals surface area contributed by atoms with Crippen molar-refractivity contribution in [1.82, 2.24) is 0 Å². The summed E-state index contributed by atoms with van der Waals surface area (Å²) in [6.07, 6.45) is 0.870. The van der Waals surface area contributed by atoms with Gasteiger partial charge < -0.3 is 10.1 Å². The second kappa shape index (κ2) is 4.82. The van der Waals surface area contributed by atoms with Crippen LogP contribution in [-0.2, 0) is 14.3 Å². The van der Waals surface area contributed by atoms with E-state index in [2.05, 4.69) is 21.2 Å². The third-order valence-electron chi connectivity index (χ3n) is 5.48. The summed E-state index contributed by atoms with van der Waals surface area (Å²) in [5, 5.41) is 3.03. The molecule has 5 heteroatoms. The predicted octanol–water partition coefficient (Wildman–Crippen LogP) is 2.81. The molecule has 3 aliphatic rings. The molecule has 2 saturated carbocycles. The minimum Gasteiger partial charge on any atom is -0.461 e. The number of nitrogens with one attached hydrogen (secondary N) is 1. The normalized spacial score (nSPS) is 38.2. The second-order valence-corrected chi connectivity index (χ2v) is 7.83. The maximum atomic E-state index is 12.8. The molecular formula is C17H18BrNO3. The first kappa shape index (κ1) is 14.2. The highest BCUT2D eigenvalue weighted by Crippen LogP contribution is 2.60. The van der Waals surface area contributed by atoms with Crippen LogP contribution in [0.5, 0.6) is 0 Å². The van der Waals surface area contributed by atoms with Gasteiger partial charge in [-0.15, -0.1) is 0 Å². The van der Waals surface area contributed by atoms with Gasteiger partial charge in [0.05, 0.1) is 16.7 Å². The lowest BCUT2D eigenvalue weighted by Crippen LogP contribution is -2.40. The molecule has 0 aromatic heterocycles. The fourth-order valence-electron chi connectivity index (χ4n) is 4.42. The molecule has 1 saturated heterocycles. The Kier molecular flexibility index (Phi) is 3.12. The number of carbonyl (C=O) groups excluding carboxylic acids is 2. The first-order valence-electron chi connectivity index (χ1n) is 7.70. The molecule has 2 bridgehead atoms. The second-order valence-electron chi connectivity index (χ2n) is 6.77. The van der Waals surface area contributed by atoms with Gasteiger partial charge in [-0.25, -0.2) is 0 Å². The quantitative estimate of drug-likeness (QED) is 0.649. The molecule has 3 fully saturated rings. The van der Waals surface area contributed by atoms with E-state index in [4.69, 9.17) is 4.74 Å². The Morgan fingerprint density at radius 2 is 2.09 bits per heavy atom. The van der Waals surface area contributed by atoms with Crippen LogP contribution < -0.4 is 5.32 Å². The van der Waals surface area contributed by atoms with Gasteiger partial charge in [-0.1, -0.05) is 28.1 Å². The van der Waals surface area contributed by atoms with Gasteiger partial charge in [0.1, 0.15) is 6.10 Å². The third kappa shape index (κ3) is 1.87. The Morgan fingerprint density at radius 3 is 2.86 bits per heavy atom. The molecular weight excluding hydrogens is 346 g/mol. The average Bonchev–Trinajstić information content (AvgIpc) is 3.07. The zero-order chi connectivity index (χ0) is 15.6. The van der Waals surface area contributed by atoms with Crippen molar-refractivity contribution in [2.45, 2.75) is 31.2 Å². The van der Waals surface area contributed by atoms with Crippen LogP contribution in [0.25, 0.3) is 0 Å². The lowest BCUT2D eigenvalue weighted by molar-refractivity contribution is -0.145. The summed E-state index contributed by atoms with van der Waals surface area (Å²) < 4.78 is 5.46. The van der Waals surface area contributed by atoms with Crippen LogP contribution in [0.15, 0.2) is 18.2 Å². The highest BCUT2D eigenvalue weighted by molar-refractivity contribution is 9.09. The van der Waals surface area contributed by atoms with Crippen molar-refractivity contribution in [1.29, 1.82) is 0 Å². The minimum absolute atomic E-state index is 0.0349. The molecule has 1 amide bonds. The number of esters is 1. The minimum atomic E-state index is -0.277. The zero-order valence-electron chi connectivity index (χ0n) is 12.5. The average molecular weight is 364 g/mol. The van der Waals surface area contributed by atoms with Crippen molar-refractivity contribution >= 4 is 33.5 Å². The number of aryl methyl sites for hydroxylation is 2. The molecule has 22 heavy (non-hydrogen) atoms. The van der Waals surface area contributed by atoms with Crippen LogP contribution in [0.4, 0.5) is 5.69 Å². The van der Waals surface area contributed by atoms with Crippen molar-refractivity contribution in [2.24, 2.45) is 23.7 Å². The van der Waals surface area contributed by atoms with E-state index >= 15 is 0 Å². The molecule has 1 N–H and O–H groups in total. The summed E-state index contributed by atoms with van der Waals surface area (Å²) in [5.74, 6) is -0.379. The first-order chi connectivity index (χ1) is 10.5. The molecule has 0 spiro atoms. The molecule has 4 rings (SSSR count). The number of amides is 1. The Balaban J connectivity index is 1.61. The summed E-state index contributed by atoms with van der Waals surface area (Å²) in [5.41, 5.74) is 2.97. The monoisotopic (exact) mass is 363 g/mol. The van der Waals surface area contributed by atoms with Crippen molar-refractivity contribution in [3.05, 3.63) is 29.3 Å². The third-order valence-corrected chi connectivity index (χ3v) is 6.68. The van der Waals surface area contributed by atoms with Gasteiger partial charge in [0.25, 0.3) is 0 Å². The maximum absolute atomic E-state index is 12.8. The number of ether oxygens (including phenoxy) is 1. The molecule has 1 aromatic carbocycles. The summed E-state index contributed by atoms with van der Waals surface area (Å²) >= 11 is 3.64.